The molecule has 0 spiro atoms. The molecule has 0 fully saturated rings. The zero-order valence-corrected chi connectivity index (χ0v) is 12.7. The van der Waals surface area contributed by atoms with Gasteiger partial charge in [0.2, 0.25) is 0 Å². The van der Waals surface area contributed by atoms with Crippen LogP contribution in [0.15, 0.2) is 84.4 Å². The van der Waals surface area contributed by atoms with E-state index in [2.05, 4.69) is 68.1 Å². The highest BCUT2D eigenvalue weighted by Gasteiger charge is 2.14. The van der Waals surface area contributed by atoms with Crippen LogP contribution in [0, 0.1) is 6.92 Å². The molecule has 108 valence electrons. The van der Waals surface area contributed by atoms with E-state index in [0.717, 1.165) is 16.8 Å². The molecule has 0 bridgehead atoms. The quantitative estimate of drug-likeness (QED) is 0.741. The normalized spacial score (nSPS) is 17.0. The van der Waals surface area contributed by atoms with Crippen LogP contribution in [-0.4, -0.2) is 11.8 Å². The monoisotopic (exact) mass is 285 g/mol. The van der Waals surface area contributed by atoms with Crippen molar-refractivity contribution < 1.29 is 0 Å². The van der Waals surface area contributed by atoms with Crippen molar-refractivity contribution in [3.63, 3.8) is 0 Å². The molecule has 1 heterocycles. The molecule has 1 heteroatoms. The Bertz CT molecular complexity index is 746. The van der Waals surface area contributed by atoms with Crippen molar-refractivity contribution in [3.8, 4) is 0 Å². The van der Waals surface area contributed by atoms with Gasteiger partial charge in [0.1, 0.15) is 0 Å². The highest BCUT2D eigenvalue weighted by molar-refractivity contribution is 6.08. The summed E-state index contributed by atoms with van der Waals surface area (Å²) in [4.78, 5) is 4.72. The Hall–Kier alpha value is -2.67. The highest BCUT2D eigenvalue weighted by Crippen LogP contribution is 2.23. The minimum atomic E-state index is 0.0399. The largest absolute Gasteiger partial charge is 0.273 e. The summed E-state index contributed by atoms with van der Waals surface area (Å²) < 4.78 is 0. The maximum Gasteiger partial charge on any atom is 0.0941 e. The fraction of sp³-hybridized carbons (Fsp3) is 0.0952. The van der Waals surface area contributed by atoms with Crippen LogP contribution in [0.2, 0.25) is 0 Å². The number of aryl methyl sites for hydroxylation is 1. The van der Waals surface area contributed by atoms with E-state index in [9.17, 15) is 0 Å². The van der Waals surface area contributed by atoms with Gasteiger partial charge in [-0.25, -0.2) is 0 Å². The summed E-state index contributed by atoms with van der Waals surface area (Å²) in [7, 11) is 0. The lowest BCUT2D eigenvalue weighted by molar-refractivity contribution is 1.08. The predicted molar refractivity (Wildman–Crippen MR) is 96.1 cm³/mol. The Balaban J connectivity index is 1.72. The number of hydrogen-bond donors (Lipinski definition) is 0. The summed E-state index contributed by atoms with van der Waals surface area (Å²) in [5.74, 6) is 0. The fourth-order valence-electron chi connectivity index (χ4n) is 2.41. The van der Waals surface area contributed by atoms with Crippen LogP contribution in [-0.2, 0) is 0 Å². The van der Waals surface area contributed by atoms with Crippen LogP contribution in [0.1, 0.15) is 16.7 Å². The number of aliphatic imine (C=N–C) groups is 1. The van der Waals surface area contributed by atoms with Gasteiger partial charge in [-0.2, -0.15) is 0 Å². The first-order chi connectivity index (χ1) is 10.7. The third-order valence-electron chi connectivity index (χ3n) is 3.76. The van der Waals surface area contributed by atoms with E-state index < -0.39 is 0 Å². The molecule has 0 saturated heterocycles. The number of nitrogens with zero attached hydrogens (tertiary/aromatic N) is 1. The molecule has 1 atom stereocenters. The molecule has 3 rings (SSSR count). The van der Waals surface area contributed by atoms with Crippen molar-refractivity contribution in [2.75, 3.05) is 0 Å². The Morgan fingerprint density at radius 1 is 1.00 bits per heavy atom. The first-order valence-electron chi connectivity index (χ1n) is 7.47. The molecule has 1 aliphatic rings. The summed E-state index contributed by atoms with van der Waals surface area (Å²) in [5, 5.41) is 0. The van der Waals surface area contributed by atoms with Crippen LogP contribution >= 0.6 is 0 Å². The molecule has 1 nitrogen and oxygen atoms in total. The van der Waals surface area contributed by atoms with Gasteiger partial charge in [-0.05, 0) is 35.8 Å². The van der Waals surface area contributed by atoms with E-state index >= 15 is 0 Å². The standard InChI is InChI=1S/C21H19N/c1-16-8-11-19(12-9-16)17(2)21-15-14-20(22-21)13-10-18-6-4-3-5-7-18/h3-15,21H,2H2,1H3/b13-10+. The molecular formula is C21H19N. The van der Waals surface area contributed by atoms with Crippen LogP contribution in [0.4, 0.5) is 0 Å². The molecule has 1 unspecified atom stereocenters. The summed E-state index contributed by atoms with van der Waals surface area (Å²) >= 11 is 0. The lowest BCUT2D eigenvalue weighted by Crippen LogP contribution is -2.00. The minimum Gasteiger partial charge on any atom is -0.273 e. The molecule has 2 aromatic rings. The highest BCUT2D eigenvalue weighted by atomic mass is 14.8. The zero-order chi connectivity index (χ0) is 15.4. The fourth-order valence-corrected chi connectivity index (χ4v) is 2.41. The molecule has 0 N–H and O–H groups in total. The van der Waals surface area contributed by atoms with E-state index in [1.165, 1.54) is 11.1 Å². The second-order valence-electron chi connectivity index (χ2n) is 5.49. The van der Waals surface area contributed by atoms with E-state index in [1.54, 1.807) is 0 Å². The van der Waals surface area contributed by atoms with Crippen molar-refractivity contribution in [2.24, 2.45) is 4.99 Å². The SMILES string of the molecule is C=C(c1ccc(C)cc1)C1C=CC(/C=C/c2ccccc2)=N1. The van der Waals surface area contributed by atoms with Gasteiger partial charge in [0, 0.05) is 0 Å². The lowest BCUT2D eigenvalue weighted by Gasteiger charge is -2.09. The molecule has 22 heavy (non-hydrogen) atoms. The first-order valence-corrected chi connectivity index (χ1v) is 7.47. The van der Waals surface area contributed by atoms with Crippen LogP contribution in [0.5, 0.6) is 0 Å². The van der Waals surface area contributed by atoms with E-state index in [4.69, 9.17) is 4.99 Å². The van der Waals surface area contributed by atoms with Crippen LogP contribution in [0.3, 0.4) is 0 Å². The Morgan fingerprint density at radius 2 is 1.73 bits per heavy atom. The number of allylic oxidation sites excluding steroid dienone is 2. The molecular weight excluding hydrogens is 266 g/mol. The Morgan fingerprint density at radius 3 is 2.45 bits per heavy atom. The van der Waals surface area contributed by atoms with Crippen molar-refractivity contribution in [3.05, 3.63) is 96.1 Å². The van der Waals surface area contributed by atoms with E-state index in [1.807, 2.05) is 24.3 Å². The molecule has 0 saturated carbocycles. The topological polar surface area (TPSA) is 12.4 Å². The Labute approximate surface area is 132 Å². The first kappa shape index (κ1) is 14.3. The van der Waals surface area contributed by atoms with Gasteiger partial charge in [0.05, 0.1) is 11.8 Å². The minimum absolute atomic E-state index is 0.0399. The maximum absolute atomic E-state index is 4.72. The van der Waals surface area contributed by atoms with Crippen molar-refractivity contribution in [1.29, 1.82) is 0 Å². The van der Waals surface area contributed by atoms with Crippen LogP contribution in [0.25, 0.3) is 11.6 Å². The van der Waals surface area contributed by atoms with Gasteiger partial charge in [0.25, 0.3) is 0 Å². The van der Waals surface area contributed by atoms with Gasteiger partial charge in [0.15, 0.2) is 0 Å². The summed E-state index contributed by atoms with van der Waals surface area (Å²) in [6.45, 7) is 6.30. The molecule has 0 aromatic heterocycles. The average Bonchev–Trinajstić information content (AvgIpc) is 3.03. The smallest absolute Gasteiger partial charge is 0.0941 e. The molecule has 0 radical (unpaired) electrons. The third kappa shape index (κ3) is 3.32. The number of rotatable bonds is 4. The number of benzene rings is 2. The summed E-state index contributed by atoms with van der Waals surface area (Å²) in [6, 6.07) is 18.7. The average molecular weight is 285 g/mol. The van der Waals surface area contributed by atoms with Crippen molar-refractivity contribution in [1.82, 2.24) is 0 Å². The lowest BCUT2D eigenvalue weighted by atomic mass is 10.00. The second-order valence-corrected chi connectivity index (χ2v) is 5.49. The zero-order valence-electron chi connectivity index (χ0n) is 12.7. The third-order valence-corrected chi connectivity index (χ3v) is 3.76. The van der Waals surface area contributed by atoms with Crippen molar-refractivity contribution in [2.45, 2.75) is 13.0 Å². The molecule has 0 aliphatic carbocycles. The number of hydrogen-bond acceptors (Lipinski definition) is 1. The van der Waals surface area contributed by atoms with Gasteiger partial charge >= 0.3 is 0 Å². The summed E-state index contributed by atoms with van der Waals surface area (Å²) in [6.07, 6.45) is 8.30. The van der Waals surface area contributed by atoms with Gasteiger partial charge in [-0.3, -0.25) is 4.99 Å². The van der Waals surface area contributed by atoms with E-state index in [-0.39, 0.29) is 6.04 Å². The van der Waals surface area contributed by atoms with Crippen LogP contribution < -0.4 is 0 Å². The van der Waals surface area contributed by atoms with Crippen molar-refractivity contribution >= 4 is 17.4 Å². The second kappa shape index (κ2) is 6.40. The van der Waals surface area contributed by atoms with Gasteiger partial charge in [-0.15, -0.1) is 0 Å². The van der Waals surface area contributed by atoms with Gasteiger partial charge < -0.3 is 0 Å². The maximum atomic E-state index is 4.72. The molecule has 2 aromatic carbocycles. The Kier molecular flexibility index (Phi) is 4.15. The molecule has 0 amide bonds. The van der Waals surface area contributed by atoms with E-state index in [0.29, 0.717) is 0 Å². The summed E-state index contributed by atoms with van der Waals surface area (Å²) in [5.41, 5.74) is 5.62. The van der Waals surface area contributed by atoms with Gasteiger partial charge in [-0.1, -0.05) is 78.9 Å². The molecule has 1 aliphatic heterocycles. The predicted octanol–water partition coefficient (Wildman–Crippen LogP) is 5.10.